The number of para-hydroxylation sites is 1. The van der Waals surface area contributed by atoms with Gasteiger partial charge in [-0.25, -0.2) is 4.98 Å². The second-order valence-corrected chi connectivity index (χ2v) is 9.57. The van der Waals surface area contributed by atoms with Crippen LogP contribution in [0.25, 0.3) is 21.0 Å². The van der Waals surface area contributed by atoms with Crippen LogP contribution >= 0.6 is 11.3 Å². The number of nitrogens with zero attached hydrogens (tertiary/aromatic N) is 1. The summed E-state index contributed by atoms with van der Waals surface area (Å²) in [5, 5.41) is 4.07. The van der Waals surface area contributed by atoms with Gasteiger partial charge in [0.2, 0.25) is 5.91 Å². The summed E-state index contributed by atoms with van der Waals surface area (Å²) in [5.74, 6) is -0.0659. The molecule has 5 aromatic rings. The summed E-state index contributed by atoms with van der Waals surface area (Å²) >= 11 is 1.63. The molecule has 5 rings (SSSR count). The van der Waals surface area contributed by atoms with Crippen LogP contribution in [-0.4, -0.2) is 10.9 Å². The molecular weight excluding hydrogens is 448 g/mol. The van der Waals surface area contributed by atoms with Gasteiger partial charge in [0, 0.05) is 11.3 Å². The Bertz CT molecular complexity index is 1420. The third-order valence-electron chi connectivity index (χ3n) is 5.89. The van der Waals surface area contributed by atoms with E-state index >= 15 is 0 Å². The maximum Gasteiger partial charge on any atom is 0.230 e. The average Bonchev–Trinajstić information content (AvgIpc) is 3.30. The van der Waals surface area contributed by atoms with E-state index in [1.165, 1.54) is 11.1 Å². The fourth-order valence-corrected chi connectivity index (χ4v) is 5.16. The normalized spacial score (nSPS) is 10.8. The first-order valence-electron chi connectivity index (χ1n) is 11.7. The molecule has 1 heterocycles. The van der Waals surface area contributed by atoms with Crippen LogP contribution in [0.3, 0.4) is 0 Å². The van der Waals surface area contributed by atoms with E-state index in [0.29, 0.717) is 0 Å². The number of carbonyl (C=O) groups excluding carboxylic acids is 1. The third kappa shape index (κ3) is 5.56. The quantitative estimate of drug-likeness (QED) is 0.264. The molecule has 1 amide bonds. The predicted octanol–water partition coefficient (Wildman–Crippen LogP) is 7.56. The molecule has 4 heteroatoms. The minimum Gasteiger partial charge on any atom is -0.325 e. The minimum absolute atomic E-state index is 0.0659. The SMILES string of the molecule is Cc1ccc(-c2sc(-c3ccccc3)nc2CC(=O)Nc2ccccc2Cc2ccccc2)cc1. The zero-order valence-electron chi connectivity index (χ0n) is 19.6. The lowest BCUT2D eigenvalue weighted by Gasteiger charge is -2.11. The number of anilines is 1. The Kier molecular flexibility index (Phi) is 6.82. The van der Waals surface area contributed by atoms with Gasteiger partial charge < -0.3 is 5.32 Å². The van der Waals surface area contributed by atoms with Crippen LogP contribution in [0.5, 0.6) is 0 Å². The number of thiazole rings is 1. The van der Waals surface area contributed by atoms with Crippen molar-refractivity contribution in [1.29, 1.82) is 0 Å². The Morgan fingerprint density at radius 3 is 2.17 bits per heavy atom. The average molecular weight is 475 g/mol. The lowest BCUT2D eigenvalue weighted by molar-refractivity contribution is -0.115. The summed E-state index contributed by atoms with van der Waals surface area (Å²) in [6.45, 7) is 2.08. The minimum atomic E-state index is -0.0659. The number of carbonyl (C=O) groups is 1. The number of rotatable bonds is 7. The van der Waals surface area contributed by atoms with Gasteiger partial charge in [0.15, 0.2) is 0 Å². The monoisotopic (exact) mass is 474 g/mol. The number of nitrogens with one attached hydrogen (secondary N) is 1. The molecule has 4 aromatic carbocycles. The maximum absolute atomic E-state index is 13.2. The van der Waals surface area contributed by atoms with Crippen molar-refractivity contribution >= 4 is 22.9 Å². The number of benzene rings is 4. The Labute approximate surface area is 210 Å². The molecular formula is C31H26N2OS. The van der Waals surface area contributed by atoms with E-state index in [9.17, 15) is 4.79 Å². The summed E-state index contributed by atoms with van der Waals surface area (Å²) in [6.07, 6.45) is 0.979. The largest absolute Gasteiger partial charge is 0.325 e. The van der Waals surface area contributed by atoms with Crippen molar-refractivity contribution in [1.82, 2.24) is 4.98 Å². The van der Waals surface area contributed by atoms with Crippen molar-refractivity contribution in [2.24, 2.45) is 0 Å². The number of aryl methyl sites for hydroxylation is 1. The third-order valence-corrected chi connectivity index (χ3v) is 7.08. The molecule has 0 atom stereocenters. The molecule has 1 aromatic heterocycles. The molecule has 0 aliphatic carbocycles. The smallest absolute Gasteiger partial charge is 0.230 e. The molecule has 0 fully saturated rings. The standard InChI is InChI=1S/C31H26N2OS/c1-22-16-18-24(19-17-22)30-28(33-31(35-30)25-12-6-3-7-13-25)21-29(34)32-27-15-9-8-14-26(27)20-23-10-4-2-5-11-23/h2-19H,20-21H2,1H3,(H,32,34). The summed E-state index contributed by atoms with van der Waals surface area (Å²) in [4.78, 5) is 19.2. The molecule has 1 N–H and O–H groups in total. The van der Waals surface area contributed by atoms with Gasteiger partial charge >= 0.3 is 0 Å². The molecule has 0 bridgehead atoms. The summed E-state index contributed by atoms with van der Waals surface area (Å²) in [5.41, 5.74) is 7.30. The molecule has 0 saturated carbocycles. The Hall–Kier alpha value is -4.02. The lowest BCUT2D eigenvalue weighted by atomic mass is 10.0. The van der Waals surface area contributed by atoms with E-state index in [2.05, 4.69) is 66.8 Å². The van der Waals surface area contributed by atoms with E-state index in [1.807, 2.05) is 54.6 Å². The van der Waals surface area contributed by atoms with E-state index in [4.69, 9.17) is 4.98 Å². The topological polar surface area (TPSA) is 42.0 Å². The molecule has 0 unspecified atom stereocenters. The van der Waals surface area contributed by atoms with Crippen molar-refractivity contribution < 1.29 is 4.79 Å². The van der Waals surface area contributed by atoms with Gasteiger partial charge in [-0.15, -0.1) is 11.3 Å². The van der Waals surface area contributed by atoms with Gasteiger partial charge in [-0.3, -0.25) is 4.79 Å². The van der Waals surface area contributed by atoms with Gasteiger partial charge in [0.25, 0.3) is 0 Å². The Balaban J connectivity index is 1.41. The van der Waals surface area contributed by atoms with E-state index in [1.54, 1.807) is 11.3 Å². The number of aromatic nitrogens is 1. The van der Waals surface area contributed by atoms with E-state index < -0.39 is 0 Å². The highest BCUT2D eigenvalue weighted by atomic mass is 32.1. The van der Waals surface area contributed by atoms with Crippen LogP contribution in [0.4, 0.5) is 5.69 Å². The molecule has 0 aliphatic heterocycles. The van der Waals surface area contributed by atoms with Gasteiger partial charge in [0.05, 0.1) is 17.0 Å². The first kappa shape index (κ1) is 22.8. The van der Waals surface area contributed by atoms with Gasteiger partial charge in [-0.05, 0) is 36.1 Å². The zero-order valence-corrected chi connectivity index (χ0v) is 20.4. The second-order valence-electron chi connectivity index (χ2n) is 8.57. The van der Waals surface area contributed by atoms with Crippen molar-refractivity contribution in [3.63, 3.8) is 0 Å². The molecule has 3 nitrogen and oxygen atoms in total. The molecule has 0 radical (unpaired) electrons. The highest BCUT2D eigenvalue weighted by molar-refractivity contribution is 7.18. The molecule has 0 saturated heterocycles. The summed E-state index contributed by atoms with van der Waals surface area (Å²) in [7, 11) is 0. The van der Waals surface area contributed by atoms with Crippen molar-refractivity contribution in [2.75, 3.05) is 5.32 Å². The highest BCUT2D eigenvalue weighted by Crippen LogP contribution is 2.36. The Morgan fingerprint density at radius 2 is 1.43 bits per heavy atom. The fraction of sp³-hybridized carbons (Fsp3) is 0.0968. The van der Waals surface area contributed by atoms with Crippen LogP contribution in [0, 0.1) is 6.92 Å². The van der Waals surface area contributed by atoms with Gasteiger partial charge in [-0.1, -0.05) is 109 Å². The first-order valence-corrected chi connectivity index (χ1v) is 12.5. The molecule has 172 valence electrons. The number of amides is 1. The number of hydrogen-bond donors (Lipinski definition) is 1. The van der Waals surface area contributed by atoms with Crippen molar-refractivity contribution in [2.45, 2.75) is 19.8 Å². The van der Waals surface area contributed by atoms with E-state index in [0.717, 1.165) is 44.4 Å². The van der Waals surface area contributed by atoms with Crippen molar-refractivity contribution in [3.05, 3.63) is 132 Å². The molecule has 0 spiro atoms. The fourth-order valence-electron chi connectivity index (χ4n) is 4.06. The molecule has 35 heavy (non-hydrogen) atoms. The van der Waals surface area contributed by atoms with Gasteiger partial charge in [-0.2, -0.15) is 0 Å². The lowest BCUT2D eigenvalue weighted by Crippen LogP contribution is -2.16. The highest BCUT2D eigenvalue weighted by Gasteiger charge is 2.18. The van der Waals surface area contributed by atoms with Gasteiger partial charge in [0.1, 0.15) is 5.01 Å². The number of hydrogen-bond acceptors (Lipinski definition) is 3. The van der Waals surface area contributed by atoms with Crippen LogP contribution in [0.2, 0.25) is 0 Å². The molecule has 0 aliphatic rings. The maximum atomic E-state index is 13.2. The van der Waals surface area contributed by atoms with E-state index in [-0.39, 0.29) is 12.3 Å². The van der Waals surface area contributed by atoms with Crippen molar-refractivity contribution in [3.8, 4) is 21.0 Å². The summed E-state index contributed by atoms with van der Waals surface area (Å²) in [6, 6.07) is 36.8. The zero-order chi connectivity index (χ0) is 24.0. The van der Waals surface area contributed by atoms with Crippen LogP contribution in [-0.2, 0) is 17.6 Å². The predicted molar refractivity (Wildman–Crippen MR) is 146 cm³/mol. The van der Waals surface area contributed by atoms with Crippen LogP contribution in [0.1, 0.15) is 22.4 Å². The second kappa shape index (κ2) is 10.5. The first-order chi connectivity index (χ1) is 17.2. The van der Waals surface area contributed by atoms with Crippen LogP contribution in [0.15, 0.2) is 109 Å². The van der Waals surface area contributed by atoms with Crippen LogP contribution < -0.4 is 5.32 Å². The summed E-state index contributed by atoms with van der Waals surface area (Å²) < 4.78 is 0. The Morgan fingerprint density at radius 1 is 0.771 bits per heavy atom.